The molecule has 0 aliphatic rings. The summed E-state index contributed by atoms with van der Waals surface area (Å²) in [5.41, 5.74) is 1.71. The maximum atomic E-state index is 12.5. The van der Waals surface area contributed by atoms with E-state index in [9.17, 15) is 19.7 Å². The lowest BCUT2D eigenvalue weighted by atomic mass is 10.2. The van der Waals surface area contributed by atoms with Crippen LogP contribution in [0.2, 0.25) is 0 Å². The van der Waals surface area contributed by atoms with Crippen molar-refractivity contribution in [3.63, 3.8) is 0 Å². The number of nitrogens with zero attached hydrogens (tertiary/aromatic N) is 3. The van der Waals surface area contributed by atoms with Gasteiger partial charge in [-0.05, 0) is 43.7 Å². The fraction of sp³-hybridized carbons (Fsp3) is 0.261. The third-order valence-corrected chi connectivity index (χ3v) is 5.60. The van der Waals surface area contributed by atoms with Crippen LogP contribution in [0.5, 0.6) is 0 Å². The van der Waals surface area contributed by atoms with Crippen molar-refractivity contribution in [3.8, 4) is 0 Å². The molecule has 2 aromatic carbocycles. The Hall–Kier alpha value is -3.63. The highest BCUT2D eigenvalue weighted by atomic mass is 32.1. The van der Waals surface area contributed by atoms with Gasteiger partial charge in [0.1, 0.15) is 0 Å². The molecule has 0 aliphatic heterocycles. The molecule has 0 N–H and O–H groups in total. The fourth-order valence-electron chi connectivity index (χ4n) is 3.06. The number of nitro groups is 1. The third kappa shape index (κ3) is 6.21. The quantitative estimate of drug-likeness (QED) is 0.154. The van der Waals surface area contributed by atoms with Crippen LogP contribution in [0, 0.1) is 10.1 Å². The maximum Gasteiger partial charge on any atom is 0.338 e. The molecule has 10 heteroatoms. The third-order valence-electron chi connectivity index (χ3n) is 4.56. The zero-order valence-electron chi connectivity index (χ0n) is 18.2. The van der Waals surface area contributed by atoms with Crippen LogP contribution in [0.15, 0.2) is 53.5 Å². The Morgan fingerprint density at radius 1 is 1.18 bits per heavy atom. The lowest BCUT2D eigenvalue weighted by Crippen LogP contribution is -2.19. The summed E-state index contributed by atoms with van der Waals surface area (Å²) in [5, 5.41) is 10.9. The van der Waals surface area contributed by atoms with E-state index < -0.39 is 16.8 Å². The number of benzene rings is 2. The molecule has 0 bridgehead atoms. The first-order valence-corrected chi connectivity index (χ1v) is 11.1. The molecule has 1 amide bonds. The van der Waals surface area contributed by atoms with Gasteiger partial charge in [0.25, 0.3) is 11.6 Å². The SMILES string of the molecule is CCOCCn1c(=NC(=O)/C=C/c2cccc([N+](=O)[O-])c2)sc2cc(C(=O)OCC)ccc21. The van der Waals surface area contributed by atoms with Crippen LogP contribution in [0.1, 0.15) is 29.8 Å². The molecule has 0 fully saturated rings. The average Bonchev–Trinajstić information content (AvgIpc) is 3.14. The largest absolute Gasteiger partial charge is 0.462 e. The van der Waals surface area contributed by atoms with E-state index in [1.165, 1.54) is 35.6 Å². The number of hydrogen-bond acceptors (Lipinski definition) is 7. The Morgan fingerprint density at radius 2 is 2.00 bits per heavy atom. The van der Waals surface area contributed by atoms with Gasteiger partial charge < -0.3 is 14.0 Å². The number of aromatic nitrogens is 1. The van der Waals surface area contributed by atoms with Crippen LogP contribution in [0.3, 0.4) is 0 Å². The van der Waals surface area contributed by atoms with Crippen LogP contribution < -0.4 is 4.80 Å². The maximum absolute atomic E-state index is 12.5. The van der Waals surface area contributed by atoms with Crippen molar-refractivity contribution in [1.29, 1.82) is 0 Å². The molecule has 0 radical (unpaired) electrons. The minimum Gasteiger partial charge on any atom is -0.462 e. The normalized spacial score (nSPS) is 11.9. The van der Waals surface area contributed by atoms with Gasteiger partial charge in [-0.2, -0.15) is 4.99 Å². The zero-order valence-corrected chi connectivity index (χ0v) is 19.0. The van der Waals surface area contributed by atoms with E-state index in [1.807, 2.05) is 11.5 Å². The number of nitro benzene ring substituents is 1. The molecular formula is C23H23N3O6S. The van der Waals surface area contributed by atoms with Gasteiger partial charge in [-0.15, -0.1) is 0 Å². The highest BCUT2D eigenvalue weighted by molar-refractivity contribution is 7.16. The molecule has 33 heavy (non-hydrogen) atoms. The molecule has 1 aromatic heterocycles. The number of fused-ring (bicyclic) bond motifs is 1. The summed E-state index contributed by atoms with van der Waals surface area (Å²) in [6, 6.07) is 11.2. The first-order valence-electron chi connectivity index (χ1n) is 10.3. The van der Waals surface area contributed by atoms with Gasteiger partial charge in [0.15, 0.2) is 4.80 Å². The van der Waals surface area contributed by atoms with Gasteiger partial charge in [-0.1, -0.05) is 23.5 Å². The smallest absolute Gasteiger partial charge is 0.338 e. The topological polar surface area (TPSA) is 113 Å². The number of non-ortho nitro benzene ring substituents is 1. The first kappa shape index (κ1) is 24.0. The number of ether oxygens (including phenoxy) is 2. The Kier molecular flexibility index (Phi) is 8.22. The van der Waals surface area contributed by atoms with E-state index in [0.717, 1.165) is 10.2 Å². The lowest BCUT2D eigenvalue weighted by Gasteiger charge is -2.06. The molecule has 0 aliphatic carbocycles. The van der Waals surface area contributed by atoms with Gasteiger partial charge in [0.05, 0.1) is 33.9 Å². The Morgan fingerprint density at radius 3 is 2.73 bits per heavy atom. The van der Waals surface area contributed by atoms with Crippen molar-refractivity contribution in [2.24, 2.45) is 4.99 Å². The predicted molar refractivity (Wildman–Crippen MR) is 125 cm³/mol. The van der Waals surface area contributed by atoms with Crippen molar-refractivity contribution in [2.45, 2.75) is 20.4 Å². The van der Waals surface area contributed by atoms with E-state index in [1.54, 1.807) is 37.3 Å². The first-order chi connectivity index (χ1) is 15.9. The molecule has 1 heterocycles. The summed E-state index contributed by atoms with van der Waals surface area (Å²) < 4.78 is 13.2. The van der Waals surface area contributed by atoms with Gasteiger partial charge in [0.2, 0.25) is 0 Å². The summed E-state index contributed by atoms with van der Waals surface area (Å²) in [6.45, 7) is 5.40. The number of carbonyl (C=O) groups excluding carboxylic acids is 2. The zero-order chi connectivity index (χ0) is 23.8. The number of carbonyl (C=O) groups is 2. The number of thiazole rings is 1. The highest BCUT2D eigenvalue weighted by Crippen LogP contribution is 2.20. The number of amides is 1. The molecule has 3 rings (SSSR count). The number of esters is 1. The second-order valence-electron chi connectivity index (χ2n) is 6.77. The van der Waals surface area contributed by atoms with Crippen LogP contribution in [-0.4, -0.2) is 41.2 Å². The van der Waals surface area contributed by atoms with Crippen LogP contribution in [-0.2, 0) is 20.8 Å². The minimum atomic E-state index is -0.510. The average molecular weight is 470 g/mol. The van der Waals surface area contributed by atoms with Crippen molar-refractivity contribution in [3.05, 3.63) is 74.6 Å². The molecular weight excluding hydrogens is 446 g/mol. The molecule has 9 nitrogen and oxygen atoms in total. The number of hydrogen-bond donors (Lipinski definition) is 0. The van der Waals surface area contributed by atoms with Gasteiger partial charge in [-0.3, -0.25) is 14.9 Å². The molecule has 0 unspecified atom stereocenters. The lowest BCUT2D eigenvalue weighted by molar-refractivity contribution is -0.384. The van der Waals surface area contributed by atoms with Crippen molar-refractivity contribution >= 4 is 45.2 Å². The summed E-state index contributed by atoms with van der Waals surface area (Å²) in [5.74, 6) is -0.924. The van der Waals surface area contributed by atoms with E-state index >= 15 is 0 Å². The molecule has 172 valence electrons. The monoisotopic (exact) mass is 469 g/mol. The standard InChI is InChI=1S/C23H23N3O6S/c1-3-31-13-12-25-19-10-9-17(22(28)32-4-2)15-20(19)33-23(25)24-21(27)11-8-16-6-5-7-18(14-16)26(29)30/h5-11,14-15H,3-4,12-13H2,1-2H3/b11-8+,24-23?. The molecule has 0 atom stereocenters. The van der Waals surface area contributed by atoms with Crippen LogP contribution in [0.4, 0.5) is 5.69 Å². The van der Waals surface area contributed by atoms with E-state index in [2.05, 4.69) is 4.99 Å². The summed E-state index contributed by atoms with van der Waals surface area (Å²) in [4.78, 5) is 39.7. The van der Waals surface area contributed by atoms with E-state index in [4.69, 9.17) is 9.47 Å². The second kappa shape index (κ2) is 11.3. The van der Waals surface area contributed by atoms with Crippen molar-refractivity contribution < 1.29 is 24.0 Å². The minimum absolute atomic E-state index is 0.0581. The fourth-order valence-corrected chi connectivity index (χ4v) is 4.16. The molecule has 0 spiro atoms. The van der Waals surface area contributed by atoms with Gasteiger partial charge in [0, 0.05) is 31.4 Å². The summed E-state index contributed by atoms with van der Waals surface area (Å²) in [7, 11) is 0. The Labute approximate surface area is 193 Å². The Balaban J connectivity index is 1.95. The van der Waals surface area contributed by atoms with Crippen molar-refractivity contribution in [1.82, 2.24) is 4.57 Å². The Bertz CT molecular complexity index is 1270. The van der Waals surface area contributed by atoms with Crippen LogP contribution >= 0.6 is 11.3 Å². The second-order valence-corrected chi connectivity index (χ2v) is 7.78. The summed E-state index contributed by atoms with van der Waals surface area (Å²) in [6.07, 6.45) is 2.75. The highest BCUT2D eigenvalue weighted by Gasteiger charge is 2.12. The molecule has 0 saturated carbocycles. The van der Waals surface area contributed by atoms with Gasteiger partial charge in [-0.25, -0.2) is 4.79 Å². The summed E-state index contributed by atoms with van der Waals surface area (Å²) >= 11 is 1.28. The van der Waals surface area contributed by atoms with Gasteiger partial charge >= 0.3 is 5.97 Å². The van der Waals surface area contributed by atoms with Crippen molar-refractivity contribution in [2.75, 3.05) is 19.8 Å². The number of rotatable bonds is 9. The van der Waals surface area contributed by atoms with E-state index in [-0.39, 0.29) is 12.3 Å². The molecule has 3 aromatic rings. The van der Waals surface area contributed by atoms with Crippen LogP contribution in [0.25, 0.3) is 16.3 Å². The molecule has 0 saturated heterocycles. The predicted octanol–water partition coefficient (Wildman–Crippen LogP) is 3.96. The van der Waals surface area contributed by atoms with E-state index in [0.29, 0.717) is 35.7 Å².